The molecular weight excluding hydrogens is 444 g/mol. The van der Waals surface area contributed by atoms with Crippen LogP contribution < -0.4 is 24.3 Å². The fourth-order valence-corrected chi connectivity index (χ4v) is 4.61. The summed E-state index contributed by atoms with van der Waals surface area (Å²) in [6, 6.07) is 16.2. The molecule has 2 amide bonds. The molecule has 5 rings (SSSR count). The SMILES string of the molecule is COc1cc2c(cc1OC)C(c1ccccc1Cl)N(C(=O)Nc1ccc3c(c1)OCO3)CC2. The number of benzene rings is 3. The van der Waals surface area contributed by atoms with Gasteiger partial charge in [-0.1, -0.05) is 29.8 Å². The number of nitrogens with one attached hydrogen (secondary N) is 1. The number of nitrogens with zero attached hydrogens (tertiary/aromatic N) is 1. The van der Waals surface area contributed by atoms with E-state index >= 15 is 0 Å². The van der Waals surface area contributed by atoms with Gasteiger partial charge in [0, 0.05) is 23.3 Å². The summed E-state index contributed by atoms with van der Waals surface area (Å²) in [6.45, 7) is 0.685. The molecule has 8 heteroatoms. The Morgan fingerprint density at radius 3 is 2.55 bits per heavy atom. The van der Waals surface area contributed by atoms with Crippen LogP contribution in [0.1, 0.15) is 22.7 Å². The largest absolute Gasteiger partial charge is 0.493 e. The molecule has 1 atom stereocenters. The molecule has 33 heavy (non-hydrogen) atoms. The maximum absolute atomic E-state index is 13.5. The monoisotopic (exact) mass is 466 g/mol. The number of carbonyl (C=O) groups is 1. The number of amides is 2. The third kappa shape index (κ3) is 3.89. The highest BCUT2D eigenvalue weighted by Gasteiger charge is 2.34. The molecule has 3 aromatic rings. The van der Waals surface area contributed by atoms with E-state index < -0.39 is 6.04 Å². The summed E-state index contributed by atoms with van der Waals surface area (Å²) in [4.78, 5) is 15.3. The Balaban J connectivity index is 1.54. The number of halogens is 1. The van der Waals surface area contributed by atoms with E-state index in [1.807, 2.05) is 36.4 Å². The standard InChI is InChI=1S/C25H23ClN2O5/c1-30-21-11-15-9-10-28(25(29)27-16-7-8-20-23(12-16)33-14-32-20)24(18(15)13-22(21)31-2)17-5-3-4-6-19(17)26/h3-8,11-13,24H,9-10,14H2,1-2H3,(H,27,29). The van der Waals surface area contributed by atoms with E-state index in [0.29, 0.717) is 46.7 Å². The van der Waals surface area contributed by atoms with Crippen molar-refractivity contribution in [2.45, 2.75) is 12.5 Å². The van der Waals surface area contributed by atoms with Crippen LogP contribution in [0.3, 0.4) is 0 Å². The minimum atomic E-state index is -0.392. The Morgan fingerprint density at radius 1 is 1.00 bits per heavy atom. The molecule has 2 aliphatic heterocycles. The first-order chi connectivity index (χ1) is 16.1. The Bertz CT molecular complexity index is 1220. The van der Waals surface area contributed by atoms with Crippen molar-refractivity contribution in [3.8, 4) is 23.0 Å². The molecule has 7 nitrogen and oxygen atoms in total. The summed E-state index contributed by atoms with van der Waals surface area (Å²) in [7, 11) is 3.21. The summed E-state index contributed by atoms with van der Waals surface area (Å²) in [5.41, 5.74) is 3.51. The topological polar surface area (TPSA) is 69.3 Å². The van der Waals surface area contributed by atoms with Crippen LogP contribution in [0.4, 0.5) is 10.5 Å². The fourth-order valence-electron chi connectivity index (χ4n) is 4.37. The molecule has 0 spiro atoms. The number of urea groups is 1. The Labute approximate surface area is 196 Å². The zero-order valence-electron chi connectivity index (χ0n) is 18.3. The van der Waals surface area contributed by atoms with Crippen LogP contribution in [0, 0.1) is 0 Å². The molecule has 1 unspecified atom stereocenters. The Hall–Kier alpha value is -3.58. The average Bonchev–Trinajstić information content (AvgIpc) is 3.30. The highest BCUT2D eigenvalue weighted by molar-refractivity contribution is 6.31. The lowest BCUT2D eigenvalue weighted by Gasteiger charge is -2.38. The van der Waals surface area contributed by atoms with E-state index in [-0.39, 0.29) is 12.8 Å². The van der Waals surface area contributed by atoms with E-state index in [9.17, 15) is 4.79 Å². The van der Waals surface area contributed by atoms with Gasteiger partial charge in [0.1, 0.15) is 0 Å². The third-order valence-corrected chi connectivity index (χ3v) is 6.30. The van der Waals surface area contributed by atoms with Gasteiger partial charge < -0.3 is 29.2 Å². The van der Waals surface area contributed by atoms with E-state index in [2.05, 4.69) is 5.32 Å². The highest BCUT2D eigenvalue weighted by Crippen LogP contribution is 2.43. The first-order valence-electron chi connectivity index (χ1n) is 10.6. The molecule has 0 bridgehead atoms. The molecular formula is C25H23ClN2O5. The first kappa shape index (κ1) is 21.3. The van der Waals surface area contributed by atoms with E-state index in [1.165, 1.54) is 0 Å². The van der Waals surface area contributed by atoms with Gasteiger partial charge in [0.15, 0.2) is 23.0 Å². The second-order valence-electron chi connectivity index (χ2n) is 7.77. The van der Waals surface area contributed by atoms with Crippen LogP contribution >= 0.6 is 11.6 Å². The van der Waals surface area contributed by atoms with Gasteiger partial charge in [-0.25, -0.2) is 4.79 Å². The van der Waals surface area contributed by atoms with Crippen molar-refractivity contribution in [2.24, 2.45) is 0 Å². The second kappa shape index (κ2) is 8.75. The smallest absolute Gasteiger partial charge is 0.322 e. The number of rotatable bonds is 4. The molecule has 1 N–H and O–H groups in total. The molecule has 2 aliphatic rings. The highest BCUT2D eigenvalue weighted by atomic mass is 35.5. The van der Waals surface area contributed by atoms with Gasteiger partial charge in [0.2, 0.25) is 6.79 Å². The van der Waals surface area contributed by atoms with Crippen LogP contribution in [0.25, 0.3) is 0 Å². The zero-order valence-corrected chi connectivity index (χ0v) is 19.0. The van der Waals surface area contributed by atoms with Crippen molar-refractivity contribution >= 4 is 23.3 Å². The number of ether oxygens (including phenoxy) is 4. The summed E-state index contributed by atoms with van der Waals surface area (Å²) in [6.07, 6.45) is 0.672. The second-order valence-corrected chi connectivity index (χ2v) is 8.18. The molecule has 170 valence electrons. The van der Waals surface area contributed by atoms with Crippen molar-refractivity contribution in [3.63, 3.8) is 0 Å². The third-order valence-electron chi connectivity index (χ3n) is 5.96. The Kier molecular flexibility index (Phi) is 5.64. The molecule has 0 aromatic heterocycles. The fraction of sp³-hybridized carbons (Fsp3) is 0.240. The predicted octanol–water partition coefficient (Wildman–Crippen LogP) is 5.27. The van der Waals surface area contributed by atoms with Gasteiger partial charge in [0.25, 0.3) is 0 Å². The summed E-state index contributed by atoms with van der Waals surface area (Å²) >= 11 is 6.61. The summed E-state index contributed by atoms with van der Waals surface area (Å²) in [5.74, 6) is 2.53. The molecule has 0 radical (unpaired) electrons. The van der Waals surface area contributed by atoms with Crippen LogP contribution in [0.2, 0.25) is 5.02 Å². The van der Waals surface area contributed by atoms with Crippen molar-refractivity contribution in [3.05, 3.63) is 76.3 Å². The lowest BCUT2D eigenvalue weighted by atomic mass is 9.87. The zero-order chi connectivity index (χ0) is 22.9. The van der Waals surface area contributed by atoms with Gasteiger partial charge in [-0.15, -0.1) is 0 Å². The first-order valence-corrected chi connectivity index (χ1v) is 10.9. The van der Waals surface area contributed by atoms with Gasteiger partial charge in [-0.05, 0) is 53.4 Å². The normalized spacial score (nSPS) is 16.2. The number of carbonyl (C=O) groups excluding carboxylic acids is 1. The lowest BCUT2D eigenvalue weighted by molar-refractivity contribution is 0.174. The maximum Gasteiger partial charge on any atom is 0.322 e. The number of fused-ring (bicyclic) bond motifs is 2. The van der Waals surface area contributed by atoms with Crippen LogP contribution in [-0.4, -0.2) is 38.5 Å². The molecule has 0 saturated heterocycles. The van der Waals surface area contributed by atoms with Gasteiger partial charge >= 0.3 is 6.03 Å². The summed E-state index contributed by atoms with van der Waals surface area (Å²) in [5, 5.41) is 3.58. The number of anilines is 1. The molecule has 0 saturated carbocycles. The Morgan fingerprint density at radius 2 is 1.76 bits per heavy atom. The lowest BCUT2D eigenvalue weighted by Crippen LogP contribution is -2.43. The van der Waals surface area contributed by atoms with Crippen LogP contribution in [0.5, 0.6) is 23.0 Å². The van der Waals surface area contributed by atoms with Gasteiger partial charge in [-0.3, -0.25) is 0 Å². The van der Waals surface area contributed by atoms with Gasteiger partial charge in [-0.2, -0.15) is 0 Å². The number of hydrogen-bond donors (Lipinski definition) is 1. The summed E-state index contributed by atoms with van der Waals surface area (Å²) < 4.78 is 21.8. The molecule has 0 fully saturated rings. The van der Waals surface area contributed by atoms with Crippen molar-refractivity contribution in [1.29, 1.82) is 0 Å². The van der Waals surface area contributed by atoms with E-state index in [4.69, 9.17) is 30.5 Å². The van der Waals surface area contributed by atoms with Crippen LogP contribution in [0.15, 0.2) is 54.6 Å². The average molecular weight is 467 g/mol. The van der Waals surface area contributed by atoms with Crippen molar-refractivity contribution < 1.29 is 23.7 Å². The minimum absolute atomic E-state index is 0.176. The van der Waals surface area contributed by atoms with Gasteiger partial charge in [0.05, 0.1) is 20.3 Å². The van der Waals surface area contributed by atoms with E-state index in [0.717, 1.165) is 16.7 Å². The predicted molar refractivity (Wildman–Crippen MR) is 125 cm³/mol. The molecule has 2 heterocycles. The number of methoxy groups -OCH3 is 2. The van der Waals surface area contributed by atoms with Crippen molar-refractivity contribution in [1.82, 2.24) is 4.90 Å². The molecule has 0 aliphatic carbocycles. The van der Waals surface area contributed by atoms with E-state index in [1.54, 1.807) is 37.3 Å². The van der Waals surface area contributed by atoms with Crippen LogP contribution in [-0.2, 0) is 6.42 Å². The quantitative estimate of drug-likeness (QED) is 0.567. The minimum Gasteiger partial charge on any atom is -0.493 e. The molecule has 3 aromatic carbocycles. The number of hydrogen-bond acceptors (Lipinski definition) is 5. The van der Waals surface area contributed by atoms with Crippen molar-refractivity contribution in [2.75, 3.05) is 32.9 Å². The maximum atomic E-state index is 13.5.